The molecule has 1 N–H and O–H groups in total. The molecule has 2 aromatic heterocycles. The second-order valence-electron chi connectivity index (χ2n) is 6.51. The van der Waals surface area contributed by atoms with E-state index in [1.807, 2.05) is 61.7 Å². The van der Waals surface area contributed by atoms with Crippen LogP contribution in [0.5, 0.6) is 0 Å². The average Bonchev–Trinajstić information content (AvgIpc) is 3.32. The number of benzene rings is 2. The molecule has 0 saturated carbocycles. The lowest BCUT2D eigenvalue weighted by atomic mass is 10.1. The third-order valence-corrected chi connectivity index (χ3v) is 5.40. The third-order valence-electron chi connectivity index (χ3n) is 4.51. The molecule has 0 atom stereocenters. The first-order valence-corrected chi connectivity index (χ1v) is 9.81. The van der Waals surface area contributed by atoms with Crippen molar-refractivity contribution < 1.29 is 9.32 Å². The average molecular weight is 389 g/mol. The molecule has 2 heterocycles. The molecule has 0 spiro atoms. The number of nitrogens with zero attached hydrogens (tertiary/aromatic N) is 2. The summed E-state index contributed by atoms with van der Waals surface area (Å²) < 4.78 is 5.11. The minimum atomic E-state index is -0.0952. The number of hydrogen-bond donors (Lipinski definition) is 1. The summed E-state index contributed by atoms with van der Waals surface area (Å²) in [5, 5.41) is 9.84. The topological polar surface area (TPSA) is 68.0 Å². The minimum Gasteiger partial charge on any atom is -0.361 e. The Hall–Kier alpha value is -3.25. The first-order valence-electron chi connectivity index (χ1n) is 8.93. The molecule has 28 heavy (non-hydrogen) atoms. The standard InChI is InChI=1S/C22H19N3O2S/c1-14-19(15(2)27-25-14)12-21(26)23-18-10-8-16(9-11-18)20-13-28-22(24-20)17-6-4-3-5-7-17/h3-11,13H,12H2,1-2H3,(H,23,26). The van der Waals surface area contributed by atoms with Crippen LogP contribution >= 0.6 is 11.3 Å². The highest BCUT2D eigenvalue weighted by molar-refractivity contribution is 7.13. The van der Waals surface area contributed by atoms with Gasteiger partial charge in [-0.15, -0.1) is 11.3 Å². The first kappa shape index (κ1) is 18.1. The largest absolute Gasteiger partial charge is 0.361 e. The van der Waals surface area contributed by atoms with E-state index in [4.69, 9.17) is 9.51 Å². The highest BCUT2D eigenvalue weighted by Gasteiger charge is 2.14. The van der Waals surface area contributed by atoms with Crippen LogP contribution in [0, 0.1) is 13.8 Å². The zero-order valence-corrected chi connectivity index (χ0v) is 16.4. The molecule has 0 saturated heterocycles. The number of aryl methyl sites for hydroxylation is 2. The van der Waals surface area contributed by atoms with Crippen LogP contribution in [0.25, 0.3) is 21.8 Å². The molecule has 0 bridgehead atoms. The molecule has 5 nitrogen and oxygen atoms in total. The van der Waals surface area contributed by atoms with Crippen molar-refractivity contribution in [1.82, 2.24) is 10.1 Å². The SMILES string of the molecule is Cc1noc(C)c1CC(=O)Nc1ccc(-c2csc(-c3ccccc3)n2)cc1. The molecule has 0 aliphatic carbocycles. The van der Waals surface area contributed by atoms with Crippen LogP contribution in [-0.4, -0.2) is 16.0 Å². The van der Waals surface area contributed by atoms with E-state index in [0.717, 1.165) is 38.8 Å². The maximum Gasteiger partial charge on any atom is 0.228 e. The Bertz CT molecular complexity index is 1080. The van der Waals surface area contributed by atoms with Gasteiger partial charge < -0.3 is 9.84 Å². The molecule has 4 aromatic rings. The molecular weight excluding hydrogens is 370 g/mol. The van der Waals surface area contributed by atoms with Gasteiger partial charge in [0.25, 0.3) is 0 Å². The van der Waals surface area contributed by atoms with Crippen LogP contribution in [0.15, 0.2) is 64.5 Å². The molecule has 0 aliphatic heterocycles. The smallest absolute Gasteiger partial charge is 0.228 e. The van der Waals surface area contributed by atoms with Crippen molar-refractivity contribution in [3.05, 3.63) is 77.0 Å². The van der Waals surface area contributed by atoms with Crippen molar-refractivity contribution in [2.45, 2.75) is 20.3 Å². The van der Waals surface area contributed by atoms with Crippen LogP contribution < -0.4 is 5.32 Å². The second-order valence-corrected chi connectivity index (χ2v) is 7.37. The fourth-order valence-corrected chi connectivity index (χ4v) is 3.80. The summed E-state index contributed by atoms with van der Waals surface area (Å²) in [5.41, 5.74) is 5.39. The maximum absolute atomic E-state index is 12.3. The van der Waals surface area contributed by atoms with Crippen molar-refractivity contribution >= 4 is 22.9 Å². The van der Waals surface area contributed by atoms with Gasteiger partial charge in [-0.2, -0.15) is 0 Å². The molecule has 2 aromatic carbocycles. The van der Waals surface area contributed by atoms with Crippen LogP contribution in [0.3, 0.4) is 0 Å². The number of thiazole rings is 1. The number of aromatic nitrogens is 2. The van der Waals surface area contributed by atoms with Gasteiger partial charge in [-0.25, -0.2) is 4.98 Å². The van der Waals surface area contributed by atoms with Gasteiger partial charge in [-0.05, 0) is 26.0 Å². The lowest BCUT2D eigenvalue weighted by Gasteiger charge is -2.06. The summed E-state index contributed by atoms with van der Waals surface area (Å²) in [6.07, 6.45) is 0.245. The molecule has 6 heteroatoms. The number of carbonyl (C=O) groups excluding carboxylic acids is 1. The highest BCUT2D eigenvalue weighted by atomic mass is 32.1. The number of rotatable bonds is 5. The fraction of sp³-hybridized carbons (Fsp3) is 0.136. The van der Waals surface area contributed by atoms with Crippen LogP contribution in [0.2, 0.25) is 0 Å². The molecule has 0 fully saturated rings. The van der Waals surface area contributed by atoms with Gasteiger partial charge in [0.05, 0.1) is 17.8 Å². The number of amides is 1. The number of hydrogen-bond acceptors (Lipinski definition) is 5. The molecule has 0 aliphatic rings. The highest BCUT2D eigenvalue weighted by Crippen LogP contribution is 2.29. The Kier molecular flexibility index (Phi) is 5.04. The van der Waals surface area contributed by atoms with E-state index in [1.54, 1.807) is 11.3 Å². The van der Waals surface area contributed by atoms with Crippen molar-refractivity contribution in [2.75, 3.05) is 5.32 Å². The van der Waals surface area contributed by atoms with E-state index in [-0.39, 0.29) is 12.3 Å². The van der Waals surface area contributed by atoms with E-state index >= 15 is 0 Å². The lowest BCUT2D eigenvalue weighted by molar-refractivity contribution is -0.115. The van der Waals surface area contributed by atoms with Gasteiger partial charge in [0.1, 0.15) is 10.8 Å². The number of nitrogens with one attached hydrogen (secondary N) is 1. The van der Waals surface area contributed by atoms with Crippen molar-refractivity contribution in [1.29, 1.82) is 0 Å². The van der Waals surface area contributed by atoms with Crippen molar-refractivity contribution in [3.8, 4) is 21.8 Å². The molecule has 0 radical (unpaired) electrons. The Morgan fingerprint density at radius 2 is 1.79 bits per heavy atom. The summed E-state index contributed by atoms with van der Waals surface area (Å²) in [6, 6.07) is 17.8. The Labute approximate surface area is 167 Å². The van der Waals surface area contributed by atoms with E-state index in [0.29, 0.717) is 5.76 Å². The Morgan fingerprint density at radius 1 is 1.04 bits per heavy atom. The van der Waals surface area contributed by atoms with E-state index in [1.165, 1.54) is 0 Å². The molecule has 4 rings (SSSR count). The number of anilines is 1. The maximum atomic E-state index is 12.3. The predicted molar refractivity (Wildman–Crippen MR) is 111 cm³/mol. The van der Waals surface area contributed by atoms with Gasteiger partial charge in [0.15, 0.2) is 0 Å². The van der Waals surface area contributed by atoms with Gasteiger partial charge >= 0.3 is 0 Å². The van der Waals surface area contributed by atoms with Gasteiger partial charge in [-0.3, -0.25) is 4.79 Å². The molecule has 1 amide bonds. The zero-order valence-electron chi connectivity index (χ0n) is 15.6. The normalized spacial score (nSPS) is 10.8. The minimum absolute atomic E-state index is 0.0952. The lowest BCUT2D eigenvalue weighted by Crippen LogP contribution is -2.15. The number of carbonyl (C=O) groups is 1. The van der Waals surface area contributed by atoms with Crippen molar-refractivity contribution in [2.24, 2.45) is 0 Å². The monoisotopic (exact) mass is 389 g/mol. The fourth-order valence-electron chi connectivity index (χ4n) is 2.96. The third kappa shape index (κ3) is 3.87. The summed E-state index contributed by atoms with van der Waals surface area (Å²) in [6.45, 7) is 3.65. The van der Waals surface area contributed by atoms with Crippen LogP contribution in [0.1, 0.15) is 17.0 Å². The zero-order chi connectivity index (χ0) is 19.5. The molecule has 140 valence electrons. The summed E-state index contributed by atoms with van der Waals surface area (Å²) in [4.78, 5) is 17.0. The predicted octanol–water partition coefficient (Wildman–Crippen LogP) is 5.26. The summed E-state index contributed by atoms with van der Waals surface area (Å²) in [7, 11) is 0. The quantitative estimate of drug-likeness (QED) is 0.505. The summed E-state index contributed by atoms with van der Waals surface area (Å²) >= 11 is 1.62. The summed E-state index contributed by atoms with van der Waals surface area (Å²) in [5.74, 6) is 0.586. The van der Waals surface area contributed by atoms with Crippen LogP contribution in [-0.2, 0) is 11.2 Å². The Morgan fingerprint density at radius 3 is 2.46 bits per heavy atom. The first-order chi connectivity index (χ1) is 13.6. The van der Waals surface area contributed by atoms with Gasteiger partial charge in [0.2, 0.25) is 5.91 Å². The van der Waals surface area contributed by atoms with E-state index in [9.17, 15) is 4.79 Å². The van der Waals surface area contributed by atoms with E-state index in [2.05, 4.69) is 22.6 Å². The second kappa shape index (κ2) is 7.78. The van der Waals surface area contributed by atoms with Crippen LogP contribution in [0.4, 0.5) is 5.69 Å². The molecular formula is C22H19N3O2S. The molecule has 0 unspecified atom stereocenters. The van der Waals surface area contributed by atoms with Gasteiger partial charge in [0, 0.05) is 27.8 Å². The Balaban J connectivity index is 1.44. The van der Waals surface area contributed by atoms with E-state index < -0.39 is 0 Å². The van der Waals surface area contributed by atoms with Crippen molar-refractivity contribution in [3.63, 3.8) is 0 Å². The van der Waals surface area contributed by atoms with Gasteiger partial charge in [-0.1, -0.05) is 47.6 Å².